The third-order valence-corrected chi connectivity index (χ3v) is 6.15. The molecule has 0 heterocycles. The molecule has 3 atom stereocenters. The lowest BCUT2D eigenvalue weighted by Gasteiger charge is -2.38. The van der Waals surface area contributed by atoms with Crippen LogP contribution in [0.1, 0.15) is 46.5 Å². The molecule has 0 aromatic heterocycles. The predicted molar refractivity (Wildman–Crippen MR) is 95.4 cm³/mol. The molecule has 0 aliphatic heterocycles. The van der Waals surface area contributed by atoms with E-state index in [4.69, 9.17) is 11.6 Å². The number of nitrogens with one attached hydrogen (secondary N) is 1. The number of hydrogen-bond acceptors (Lipinski definition) is 2. The molecule has 3 unspecified atom stereocenters. The molecule has 1 saturated carbocycles. The number of hydrogen-bond donors (Lipinski definition) is 1. The summed E-state index contributed by atoms with van der Waals surface area (Å²) in [5, 5.41) is 5.27. The van der Waals surface area contributed by atoms with Gasteiger partial charge >= 0.3 is 0 Å². The van der Waals surface area contributed by atoms with Crippen LogP contribution in [0.25, 0.3) is 0 Å². The van der Waals surface area contributed by atoms with Crippen molar-refractivity contribution >= 4 is 23.4 Å². The van der Waals surface area contributed by atoms with Gasteiger partial charge < -0.3 is 5.32 Å². The van der Waals surface area contributed by atoms with Crippen molar-refractivity contribution in [3.63, 3.8) is 0 Å². The molecule has 3 heteroatoms. The van der Waals surface area contributed by atoms with Gasteiger partial charge in [0.15, 0.2) is 0 Å². The molecule has 1 aromatic carbocycles. The van der Waals surface area contributed by atoms with Gasteiger partial charge in [-0.05, 0) is 68.3 Å². The zero-order valence-corrected chi connectivity index (χ0v) is 15.0. The van der Waals surface area contributed by atoms with Gasteiger partial charge in [-0.3, -0.25) is 0 Å². The van der Waals surface area contributed by atoms with Gasteiger partial charge in [-0.15, -0.1) is 11.8 Å². The van der Waals surface area contributed by atoms with Crippen LogP contribution in [-0.4, -0.2) is 17.8 Å². The fourth-order valence-electron chi connectivity index (χ4n) is 3.15. The normalized spacial score (nSPS) is 26.2. The summed E-state index contributed by atoms with van der Waals surface area (Å²) in [4.78, 5) is 1.34. The second-order valence-corrected chi connectivity index (χ2v) is 8.24. The largest absolute Gasteiger partial charge is 0.313 e. The molecule has 0 spiro atoms. The topological polar surface area (TPSA) is 12.0 Å². The maximum absolute atomic E-state index is 5.99. The van der Waals surface area contributed by atoms with Gasteiger partial charge in [0.25, 0.3) is 0 Å². The maximum Gasteiger partial charge on any atom is 0.0406 e. The molecule has 1 N–H and O–H groups in total. The fraction of sp³-hybridized carbons (Fsp3) is 0.667. The average molecular weight is 326 g/mol. The Hall–Kier alpha value is -0.180. The summed E-state index contributed by atoms with van der Waals surface area (Å²) in [5.74, 6) is 1.67. The first-order chi connectivity index (χ1) is 10.1. The van der Waals surface area contributed by atoms with Gasteiger partial charge in [0.1, 0.15) is 0 Å². The summed E-state index contributed by atoms with van der Waals surface area (Å²) in [6.07, 6.45) is 5.22. The second-order valence-electron chi connectivity index (χ2n) is 6.49. The zero-order valence-electron chi connectivity index (χ0n) is 13.4. The van der Waals surface area contributed by atoms with E-state index in [-0.39, 0.29) is 0 Å². The van der Waals surface area contributed by atoms with Gasteiger partial charge in [-0.2, -0.15) is 0 Å². The number of benzene rings is 1. The molecular weight excluding hydrogens is 298 g/mol. The van der Waals surface area contributed by atoms with Crippen LogP contribution in [0.2, 0.25) is 5.02 Å². The first kappa shape index (κ1) is 17.2. The highest BCUT2D eigenvalue weighted by Crippen LogP contribution is 2.39. The van der Waals surface area contributed by atoms with Crippen LogP contribution in [0.4, 0.5) is 0 Å². The first-order valence-corrected chi connectivity index (χ1v) is 9.51. The SMILES string of the molecule is CCCNC1CCC(C(C)C)CC1Sc1ccc(Cl)cc1. The molecular formula is C18H28ClNS. The highest BCUT2D eigenvalue weighted by Gasteiger charge is 2.32. The van der Waals surface area contributed by atoms with E-state index >= 15 is 0 Å². The zero-order chi connectivity index (χ0) is 15.2. The van der Waals surface area contributed by atoms with Crippen molar-refractivity contribution in [1.29, 1.82) is 0 Å². The number of halogens is 1. The lowest BCUT2D eigenvalue weighted by atomic mass is 9.79. The van der Waals surface area contributed by atoms with Gasteiger partial charge in [-0.1, -0.05) is 32.4 Å². The summed E-state index contributed by atoms with van der Waals surface area (Å²) in [7, 11) is 0. The van der Waals surface area contributed by atoms with Gasteiger partial charge in [-0.25, -0.2) is 0 Å². The quantitative estimate of drug-likeness (QED) is 0.728. The Balaban J connectivity index is 2.03. The van der Waals surface area contributed by atoms with E-state index < -0.39 is 0 Å². The van der Waals surface area contributed by atoms with E-state index in [1.807, 2.05) is 23.9 Å². The lowest BCUT2D eigenvalue weighted by Crippen LogP contribution is -2.43. The van der Waals surface area contributed by atoms with Crippen LogP contribution < -0.4 is 5.32 Å². The third kappa shape index (κ3) is 5.19. The summed E-state index contributed by atoms with van der Waals surface area (Å²) >= 11 is 8.03. The average Bonchev–Trinajstić information content (AvgIpc) is 2.48. The molecule has 118 valence electrons. The summed E-state index contributed by atoms with van der Waals surface area (Å²) < 4.78 is 0. The Morgan fingerprint density at radius 2 is 1.95 bits per heavy atom. The van der Waals surface area contributed by atoms with Crippen molar-refractivity contribution in [3.8, 4) is 0 Å². The fourth-order valence-corrected chi connectivity index (χ4v) is 4.66. The lowest BCUT2D eigenvalue weighted by molar-refractivity contribution is 0.246. The van der Waals surface area contributed by atoms with E-state index in [0.717, 1.165) is 23.4 Å². The van der Waals surface area contributed by atoms with Crippen molar-refractivity contribution in [2.75, 3.05) is 6.54 Å². The molecule has 2 rings (SSSR count). The predicted octanol–water partition coefficient (Wildman–Crippen LogP) is 5.63. The van der Waals surface area contributed by atoms with Crippen molar-refractivity contribution in [3.05, 3.63) is 29.3 Å². The Morgan fingerprint density at radius 1 is 1.24 bits per heavy atom. The van der Waals surface area contributed by atoms with E-state index in [2.05, 4.69) is 38.2 Å². The molecule has 1 aromatic rings. The van der Waals surface area contributed by atoms with Crippen LogP contribution >= 0.6 is 23.4 Å². The summed E-state index contributed by atoms with van der Waals surface area (Å²) in [5.41, 5.74) is 0. The van der Waals surface area contributed by atoms with Crippen LogP contribution in [0.15, 0.2) is 29.2 Å². The smallest absolute Gasteiger partial charge is 0.0406 e. The highest BCUT2D eigenvalue weighted by atomic mass is 35.5. The minimum atomic E-state index is 0.653. The molecule has 1 aliphatic carbocycles. The second kappa shape index (κ2) is 8.45. The molecule has 0 saturated heterocycles. The van der Waals surface area contributed by atoms with Crippen LogP contribution in [0.5, 0.6) is 0 Å². The van der Waals surface area contributed by atoms with E-state index in [0.29, 0.717) is 11.3 Å². The maximum atomic E-state index is 5.99. The van der Waals surface area contributed by atoms with Crippen molar-refractivity contribution < 1.29 is 0 Å². The van der Waals surface area contributed by atoms with Crippen LogP contribution in [0.3, 0.4) is 0 Å². The van der Waals surface area contributed by atoms with Gasteiger partial charge in [0.2, 0.25) is 0 Å². The Labute approximate surface area is 139 Å². The Morgan fingerprint density at radius 3 is 2.57 bits per heavy atom. The molecule has 1 aliphatic rings. The Bertz CT molecular complexity index is 418. The molecule has 0 bridgehead atoms. The molecule has 1 nitrogen and oxygen atoms in total. The number of thioether (sulfide) groups is 1. The molecule has 1 fully saturated rings. The van der Waals surface area contributed by atoms with E-state index in [9.17, 15) is 0 Å². The summed E-state index contributed by atoms with van der Waals surface area (Å²) in [6, 6.07) is 8.97. The highest BCUT2D eigenvalue weighted by molar-refractivity contribution is 8.00. The molecule has 0 amide bonds. The van der Waals surface area contributed by atoms with Crippen molar-refractivity contribution in [2.24, 2.45) is 11.8 Å². The first-order valence-electron chi connectivity index (χ1n) is 8.25. The van der Waals surface area contributed by atoms with Crippen LogP contribution in [0, 0.1) is 11.8 Å². The van der Waals surface area contributed by atoms with Crippen molar-refractivity contribution in [1.82, 2.24) is 5.32 Å². The molecule has 21 heavy (non-hydrogen) atoms. The standard InChI is InChI=1S/C18H28ClNS/c1-4-11-20-17-10-5-14(13(2)3)12-18(17)21-16-8-6-15(19)7-9-16/h6-9,13-14,17-18,20H,4-5,10-12H2,1-3H3. The summed E-state index contributed by atoms with van der Waals surface area (Å²) in [6.45, 7) is 8.12. The molecule has 0 radical (unpaired) electrons. The van der Waals surface area contributed by atoms with Gasteiger partial charge in [0, 0.05) is 21.2 Å². The number of rotatable bonds is 6. The van der Waals surface area contributed by atoms with Crippen LogP contribution in [-0.2, 0) is 0 Å². The van der Waals surface area contributed by atoms with Gasteiger partial charge in [0.05, 0.1) is 0 Å². The minimum Gasteiger partial charge on any atom is -0.313 e. The Kier molecular flexibility index (Phi) is 6.91. The minimum absolute atomic E-state index is 0.653. The van der Waals surface area contributed by atoms with Crippen molar-refractivity contribution in [2.45, 2.75) is 62.6 Å². The monoisotopic (exact) mass is 325 g/mol. The van der Waals surface area contributed by atoms with E-state index in [1.54, 1.807) is 0 Å². The third-order valence-electron chi connectivity index (χ3n) is 4.53. The van der Waals surface area contributed by atoms with E-state index in [1.165, 1.54) is 30.6 Å².